The Morgan fingerprint density at radius 2 is 1.71 bits per heavy atom. The monoisotopic (exact) mass is 455 g/mol. The van der Waals surface area contributed by atoms with Gasteiger partial charge in [-0.3, -0.25) is 0 Å². The molecule has 1 aliphatic rings. The molecule has 0 amide bonds. The van der Waals surface area contributed by atoms with Crippen molar-refractivity contribution in [1.82, 2.24) is 4.90 Å². The fraction of sp³-hybridized carbons (Fsp3) is 0.167. The summed E-state index contributed by atoms with van der Waals surface area (Å²) in [6.07, 6.45) is 4.10. The van der Waals surface area contributed by atoms with Crippen LogP contribution < -0.4 is 4.90 Å². The molecule has 0 N–H and O–H groups in total. The van der Waals surface area contributed by atoms with Crippen molar-refractivity contribution in [2.45, 2.75) is 13.8 Å². The molecule has 0 fully saturated rings. The molecular formula is C18H18IrN2-2. The van der Waals surface area contributed by atoms with Crippen molar-refractivity contribution in [3.8, 4) is 11.1 Å². The van der Waals surface area contributed by atoms with Crippen molar-refractivity contribution < 1.29 is 20.1 Å². The number of aryl methyl sites for hydroxylation is 2. The Kier molecular flexibility index (Phi) is 4.87. The summed E-state index contributed by atoms with van der Waals surface area (Å²) >= 11 is 0. The van der Waals surface area contributed by atoms with Gasteiger partial charge in [0.05, 0.1) is 0 Å². The predicted molar refractivity (Wildman–Crippen MR) is 83.9 cm³/mol. The number of para-hydroxylation sites is 1. The van der Waals surface area contributed by atoms with Crippen LogP contribution in [0.15, 0.2) is 48.8 Å². The number of benzene rings is 2. The maximum absolute atomic E-state index is 3.37. The van der Waals surface area contributed by atoms with E-state index in [0.29, 0.717) is 0 Å². The fourth-order valence-electron chi connectivity index (χ4n) is 2.67. The average Bonchev–Trinajstić information content (AvgIpc) is 2.86. The average molecular weight is 455 g/mol. The van der Waals surface area contributed by atoms with Gasteiger partial charge in [0.15, 0.2) is 0 Å². The molecule has 2 nitrogen and oxygen atoms in total. The first-order chi connectivity index (χ1) is 9.66. The molecule has 0 saturated carbocycles. The third-order valence-corrected chi connectivity index (χ3v) is 3.61. The van der Waals surface area contributed by atoms with Crippen LogP contribution in [0.1, 0.15) is 11.1 Å². The van der Waals surface area contributed by atoms with E-state index in [0.717, 1.165) is 5.69 Å². The van der Waals surface area contributed by atoms with Crippen LogP contribution in [0, 0.1) is 26.6 Å². The second-order valence-electron chi connectivity index (χ2n) is 5.19. The molecule has 3 heteroatoms. The molecule has 0 saturated heterocycles. The van der Waals surface area contributed by atoms with Crippen LogP contribution >= 0.6 is 0 Å². The molecule has 1 heterocycles. The van der Waals surface area contributed by atoms with Gasteiger partial charge in [-0.15, -0.1) is 5.56 Å². The zero-order valence-electron chi connectivity index (χ0n) is 12.4. The summed E-state index contributed by atoms with van der Waals surface area (Å²) in [5, 5.41) is 0. The number of hydrogen-bond donors (Lipinski definition) is 0. The Labute approximate surface area is 140 Å². The molecule has 21 heavy (non-hydrogen) atoms. The summed E-state index contributed by atoms with van der Waals surface area (Å²) < 4.78 is 0. The van der Waals surface area contributed by atoms with Crippen LogP contribution in [0.4, 0.5) is 5.69 Å². The van der Waals surface area contributed by atoms with Gasteiger partial charge in [-0.05, 0) is 33.3 Å². The van der Waals surface area contributed by atoms with Gasteiger partial charge in [-0.2, -0.15) is 30.9 Å². The third-order valence-electron chi connectivity index (χ3n) is 3.61. The molecule has 0 spiro atoms. The summed E-state index contributed by atoms with van der Waals surface area (Å²) in [4.78, 5) is 4.15. The molecule has 111 valence electrons. The molecule has 3 rings (SSSR count). The second kappa shape index (κ2) is 6.46. The minimum Gasteiger partial charge on any atom is -0.510 e. The van der Waals surface area contributed by atoms with E-state index in [9.17, 15) is 0 Å². The standard InChI is InChI=1S/C18H18N2.Ir/c1-14-7-6-8-15(2)18(14)16-9-4-5-10-17(16)20-12-11-19(3)13-20;/h4-9,11-13H,1-3H3;/q-2;. The van der Waals surface area contributed by atoms with E-state index in [-0.39, 0.29) is 20.1 Å². The van der Waals surface area contributed by atoms with E-state index in [1.807, 2.05) is 30.3 Å². The summed E-state index contributed by atoms with van der Waals surface area (Å²) in [7, 11) is 2.03. The van der Waals surface area contributed by atoms with E-state index in [4.69, 9.17) is 0 Å². The first-order valence-electron chi connectivity index (χ1n) is 6.77. The quantitative estimate of drug-likeness (QED) is 0.631. The molecule has 0 unspecified atom stereocenters. The van der Waals surface area contributed by atoms with E-state index >= 15 is 0 Å². The number of hydrogen-bond acceptors (Lipinski definition) is 2. The van der Waals surface area contributed by atoms with Gasteiger partial charge in [-0.1, -0.05) is 40.6 Å². The van der Waals surface area contributed by atoms with Crippen molar-refractivity contribution in [2.24, 2.45) is 0 Å². The van der Waals surface area contributed by atoms with Crippen LogP contribution in [-0.4, -0.2) is 11.9 Å². The van der Waals surface area contributed by atoms with Crippen LogP contribution in [0.2, 0.25) is 0 Å². The molecule has 1 aliphatic heterocycles. The van der Waals surface area contributed by atoms with Crippen LogP contribution in [0.3, 0.4) is 0 Å². The maximum atomic E-state index is 3.37. The molecule has 0 aliphatic carbocycles. The molecular weight excluding hydrogens is 436 g/mol. The summed E-state index contributed by atoms with van der Waals surface area (Å²) in [5.74, 6) is 0. The zero-order valence-corrected chi connectivity index (χ0v) is 14.8. The smallest absolute Gasteiger partial charge is 0 e. The minimum absolute atomic E-state index is 0. The topological polar surface area (TPSA) is 6.48 Å². The summed E-state index contributed by atoms with van der Waals surface area (Å²) in [6, 6.07) is 16.0. The molecule has 0 atom stereocenters. The van der Waals surface area contributed by atoms with Crippen LogP contribution in [0.25, 0.3) is 11.1 Å². The second-order valence-corrected chi connectivity index (χ2v) is 5.19. The Hall–Kier alpha value is -1.57. The largest absolute Gasteiger partial charge is 0.510 e. The zero-order chi connectivity index (χ0) is 14.1. The Bertz CT molecular complexity index is 644. The predicted octanol–water partition coefficient (Wildman–Crippen LogP) is 4.11. The van der Waals surface area contributed by atoms with Gasteiger partial charge in [-0.25, -0.2) is 0 Å². The van der Waals surface area contributed by atoms with E-state index in [1.54, 1.807) is 0 Å². The Morgan fingerprint density at radius 1 is 1.00 bits per heavy atom. The van der Waals surface area contributed by atoms with Crippen molar-refractivity contribution in [2.75, 3.05) is 11.9 Å². The molecule has 2 aromatic carbocycles. The Balaban J connectivity index is 0.00000161. The summed E-state index contributed by atoms with van der Waals surface area (Å²) in [6.45, 7) is 6.38. The molecule has 2 aromatic rings. The van der Waals surface area contributed by atoms with Crippen LogP contribution in [0.5, 0.6) is 0 Å². The van der Waals surface area contributed by atoms with Gasteiger partial charge in [0.2, 0.25) is 0 Å². The molecule has 0 aromatic heterocycles. The fourth-order valence-corrected chi connectivity index (χ4v) is 2.67. The Morgan fingerprint density at radius 3 is 2.33 bits per heavy atom. The van der Waals surface area contributed by atoms with Gasteiger partial charge in [0, 0.05) is 20.1 Å². The van der Waals surface area contributed by atoms with Crippen LogP contribution in [-0.2, 0) is 20.1 Å². The van der Waals surface area contributed by atoms with Gasteiger partial charge in [0.1, 0.15) is 0 Å². The minimum atomic E-state index is 0. The number of anilines is 1. The van der Waals surface area contributed by atoms with Gasteiger partial charge >= 0.3 is 0 Å². The first-order valence-corrected chi connectivity index (χ1v) is 6.77. The van der Waals surface area contributed by atoms with E-state index in [2.05, 4.69) is 61.9 Å². The van der Waals surface area contributed by atoms with Crippen molar-refractivity contribution in [3.05, 3.63) is 72.7 Å². The SMILES string of the molecule is Cc1cccc(C)c1-c1ccc[c-]c1N1C=CN(C)[CH-]1.[Ir]. The summed E-state index contributed by atoms with van der Waals surface area (Å²) in [5.41, 5.74) is 6.20. The van der Waals surface area contributed by atoms with Crippen molar-refractivity contribution >= 4 is 5.69 Å². The van der Waals surface area contributed by atoms with E-state index < -0.39 is 0 Å². The first kappa shape index (κ1) is 15.8. The normalized spacial score (nSPS) is 13.5. The van der Waals surface area contributed by atoms with Gasteiger partial charge < -0.3 is 9.80 Å². The van der Waals surface area contributed by atoms with Crippen molar-refractivity contribution in [1.29, 1.82) is 0 Å². The van der Waals surface area contributed by atoms with E-state index in [1.165, 1.54) is 22.3 Å². The number of nitrogens with zero attached hydrogens (tertiary/aromatic N) is 2. The molecule has 1 radical (unpaired) electrons. The maximum Gasteiger partial charge on any atom is 0 e. The number of rotatable bonds is 2. The molecule has 0 bridgehead atoms. The third kappa shape index (κ3) is 3.04. The van der Waals surface area contributed by atoms with Gasteiger partial charge in [0.25, 0.3) is 0 Å². The van der Waals surface area contributed by atoms with Crippen molar-refractivity contribution in [3.63, 3.8) is 0 Å².